The van der Waals surface area contributed by atoms with Gasteiger partial charge in [0.1, 0.15) is 0 Å². The first-order valence-corrected chi connectivity index (χ1v) is 7.01. The van der Waals surface area contributed by atoms with E-state index in [1.807, 2.05) is 13.8 Å². The number of aliphatic hydroxyl groups excluding tert-OH is 1. The number of amides is 1. The van der Waals surface area contributed by atoms with Crippen LogP contribution in [0.15, 0.2) is 22.7 Å². The fourth-order valence-electron chi connectivity index (χ4n) is 1.76. The topological polar surface area (TPSA) is 92.5 Å². The molecule has 2 N–H and O–H groups in total. The van der Waals surface area contributed by atoms with Gasteiger partial charge in [-0.25, -0.2) is 0 Å². The van der Waals surface area contributed by atoms with Gasteiger partial charge in [-0.2, -0.15) is 0 Å². The zero-order valence-corrected chi connectivity index (χ0v) is 12.9. The molecule has 1 amide bonds. The average molecular weight is 345 g/mol. The average Bonchev–Trinajstić information content (AvgIpc) is 2.37. The number of carbonyl (C=O) groups excluding carboxylic acids is 1. The van der Waals surface area contributed by atoms with Crippen molar-refractivity contribution in [3.8, 4) is 0 Å². The van der Waals surface area contributed by atoms with Crippen molar-refractivity contribution >= 4 is 27.5 Å². The van der Waals surface area contributed by atoms with Crippen LogP contribution in [0.25, 0.3) is 0 Å². The maximum atomic E-state index is 12.1. The number of nitro groups is 1. The number of non-ortho nitro benzene ring substituents is 1. The summed E-state index contributed by atoms with van der Waals surface area (Å²) in [7, 11) is 0. The summed E-state index contributed by atoms with van der Waals surface area (Å²) < 4.78 is 0.371. The van der Waals surface area contributed by atoms with E-state index in [0.29, 0.717) is 16.5 Å². The maximum Gasteiger partial charge on any atom is 0.270 e. The second-order valence-electron chi connectivity index (χ2n) is 4.76. The van der Waals surface area contributed by atoms with E-state index in [0.717, 1.165) is 0 Å². The van der Waals surface area contributed by atoms with Crippen LogP contribution in [-0.2, 0) is 0 Å². The number of hydrogen-bond donors (Lipinski definition) is 2. The number of nitrogens with one attached hydrogen (secondary N) is 1. The minimum absolute atomic E-state index is 0.00937. The molecule has 6 nitrogen and oxygen atoms in total. The molecule has 1 unspecified atom stereocenters. The van der Waals surface area contributed by atoms with E-state index in [2.05, 4.69) is 21.2 Å². The molecule has 0 bridgehead atoms. The molecule has 0 heterocycles. The molecule has 1 aromatic carbocycles. The van der Waals surface area contributed by atoms with Crippen molar-refractivity contribution < 1.29 is 14.8 Å². The summed E-state index contributed by atoms with van der Waals surface area (Å²) >= 11 is 3.17. The van der Waals surface area contributed by atoms with Crippen molar-refractivity contribution in [3.63, 3.8) is 0 Å². The summed E-state index contributed by atoms with van der Waals surface area (Å²) in [6.07, 6.45) is 0.466. The van der Waals surface area contributed by atoms with Crippen LogP contribution in [0.2, 0.25) is 0 Å². The number of halogens is 1. The van der Waals surface area contributed by atoms with Crippen LogP contribution in [0.1, 0.15) is 30.6 Å². The van der Waals surface area contributed by atoms with E-state index in [9.17, 15) is 14.9 Å². The third-order valence-electron chi connectivity index (χ3n) is 2.97. The van der Waals surface area contributed by atoms with Crippen molar-refractivity contribution in [2.24, 2.45) is 5.92 Å². The zero-order chi connectivity index (χ0) is 15.3. The van der Waals surface area contributed by atoms with Gasteiger partial charge >= 0.3 is 0 Å². The summed E-state index contributed by atoms with van der Waals surface area (Å²) in [4.78, 5) is 22.3. The van der Waals surface area contributed by atoms with Gasteiger partial charge in [-0.15, -0.1) is 0 Å². The lowest BCUT2D eigenvalue weighted by Gasteiger charge is -2.21. The Bertz CT molecular complexity index is 505. The molecule has 0 aliphatic rings. The Kier molecular flexibility index (Phi) is 6.09. The van der Waals surface area contributed by atoms with Gasteiger partial charge in [-0.05, 0) is 34.3 Å². The maximum absolute atomic E-state index is 12.1. The highest BCUT2D eigenvalue weighted by Gasteiger charge is 2.19. The second kappa shape index (κ2) is 7.35. The van der Waals surface area contributed by atoms with Gasteiger partial charge in [0.25, 0.3) is 11.6 Å². The van der Waals surface area contributed by atoms with E-state index in [1.54, 1.807) is 0 Å². The molecule has 110 valence electrons. The van der Waals surface area contributed by atoms with E-state index in [-0.39, 0.29) is 30.2 Å². The summed E-state index contributed by atoms with van der Waals surface area (Å²) in [5.74, 6) is -0.137. The molecular weight excluding hydrogens is 328 g/mol. The fourth-order valence-corrected chi connectivity index (χ4v) is 2.31. The molecule has 0 saturated heterocycles. The largest absolute Gasteiger partial charge is 0.396 e. The Balaban J connectivity index is 2.89. The molecule has 1 aromatic rings. The highest BCUT2D eigenvalue weighted by atomic mass is 79.9. The van der Waals surface area contributed by atoms with Crippen LogP contribution >= 0.6 is 15.9 Å². The van der Waals surface area contributed by atoms with Crippen LogP contribution in [0.5, 0.6) is 0 Å². The predicted octanol–water partition coefficient (Wildman–Crippen LogP) is 2.49. The van der Waals surface area contributed by atoms with E-state index < -0.39 is 4.92 Å². The number of hydrogen-bond acceptors (Lipinski definition) is 4. The SMILES string of the molecule is CC(C)C(CCO)NC(=O)c1ccc([N+](=O)[O-])cc1Br. The monoisotopic (exact) mass is 344 g/mol. The Morgan fingerprint density at radius 1 is 1.50 bits per heavy atom. The van der Waals surface area contributed by atoms with Gasteiger partial charge in [0, 0.05) is 29.3 Å². The first-order chi connectivity index (χ1) is 9.36. The van der Waals surface area contributed by atoms with Crippen molar-refractivity contribution in [1.82, 2.24) is 5.32 Å². The molecule has 0 radical (unpaired) electrons. The van der Waals surface area contributed by atoms with Gasteiger partial charge in [0.2, 0.25) is 0 Å². The van der Waals surface area contributed by atoms with Crippen molar-refractivity contribution in [3.05, 3.63) is 38.3 Å². The highest BCUT2D eigenvalue weighted by molar-refractivity contribution is 9.10. The van der Waals surface area contributed by atoms with Gasteiger partial charge in [-0.1, -0.05) is 13.8 Å². The molecule has 0 aliphatic heterocycles. The summed E-state index contributed by atoms with van der Waals surface area (Å²) in [6.45, 7) is 3.89. The normalized spacial score (nSPS) is 12.2. The Hall–Kier alpha value is -1.47. The predicted molar refractivity (Wildman–Crippen MR) is 78.6 cm³/mol. The van der Waals surface area contributed by atoms with Gasteiger partial charge in [0.15, 0.2) is 0 Å². The smallest absolute Gasteiger partial charge is 0.270 e. The third kappa shape index (κ3) is 4.28. The first kappa shape index (κ1) is 16.6. The zero-order valence-electron chi connectivity index (χ0n) is 11.3. The van der Waals surface area contributed by atoms with E-state index in [1.165, 1.54) is 18.2 Å². The molecule has 20 heavy (non-hydrogen) atoms. The minimum Gasteiger partial charge on any atom is -0.396 e. The van der Waals surface area contributed by atoms with Crippen molar-refractivity contribution in [1.29, 1.82) is 0 Å². The van der Waals surface area contributed by atoms with Gasteiger partial charge in [-0.3, -0.25) is 14.9 Å². The molecule has 7 heteroatoms. The number of aliphatic hydroxyl groups is 1. The highest BCUT2D eigenvalue weighted by Crippen LogP contribution is 2.23. The van der Waals surface area contributed by atoms with Crippen LogP contribution in [0.4, 0.5) is 5.69 Å². The lowest BCUT2D eigenvalue weighted by atomic mass is 10.0. The minimum atomic E-state index is -0.519. The number of nitrogens with zero attached hydrogens (tertiary/aromatic N) is 1. The second-order valence-corrected chi connectivity index (χ2v) is 5.61. The molecule has 0 aromatic heterocycles. The number of carbonyl (C=O) groups is 1. The van der Waals surface area contributed by atoms with Crippen LogP contribution in [-0.4, -0.2) is 28.6 Å². The summed E-state index contributed by atoms with van der Waals surface area (Å²) in [5.41, 5.74) is 0.253. The lowest BCUT2D eigenvalue weighted by molar-refractivity contribution is -0.384. The molecule has 0 saturated carbocycles. The van der Waals surface area contributed by atoms with Gasteiger partial charge < -0.3 is 10.4 Å². The van der Waals surface area contributed by atoms with Crippen molar-refractivity contribution in [2.75, 3.05) is 6.61 Å². The first-order valence-electron chi connectivity index (χ1n) is 6.22. The fraction of sp³-hybridized carbons (Fsp3) is 0.462. The van der Waals surface area contributed by atoms with Crippen LogP contribution < -0.4 is 5.32 Å². The molecule has 0 spiro atoms. The molecule has 1 atom stereocenters. The van der Waals surface area contributed by atoms with E-state index >= 15 is 0 Å². The number of rotatable bonds is 6. The van der Waals surface area contributed by atoms with Gasteiger partial charge in [0.05, 0.1) is 10.5 Å². The third-order valence-corrected chi connectivity index (χ3v) is 3.63. The molecule has 0 aliphatic carbocycles. The Morgan fingerprint density at radius 3 is 2.60 bits per heavy atom. The number of benzene rings is 1. The standard InChI is InChI=1S/C13H17BrN2O4/c1-8(2)12(5-6-17)15-13(18)10-4-3-9(16(19)20)7-11(10)14/h3-4,7-8,12,17H,5-6H2,1-2H3,(H,15,18). The Labute approximate surface area is 125 Å². The molecular formula is C13H17BrN2O4. The quantitative estimate of drug-likeness (QED) is 0.612. The van der Waals surface area contributed by atoms with Crippen molar-refractivity contribution in [2.45, 2.75) is 26.3 Å². The Morgan fingerprint density at radius 2 is 2.15 bits per heavy atom. The molecule has 1 rings (SSSR count). The summed E-state index contributed by atoms with van der Waals surface area (Å²) in [6, 6.07) is 3.85. The number of nitro benzene ring substituents is 1. The van der Waals surface area contributed by atoms with E-state index in [4.69, 9.17) is 5.11 Å². The van der Waals surface area contributed by atoms with Crippen LogP contribution in [0.3, 0.4) is 0 Å². The van der Waals surface area contributed by atoms with Crippen LogP contribution in [0, 0.1) is 16.0 Å². The molecule has 0 fully saturated rings. The summed E-state index contributed by atoms with van der Waals surface area (Å²) in [5, 5.41) is 22.5. The lowest BCUT2D eigenvalue weighted by Crippen LogP contribution is -2.39.